The molecular formula is C24H21ClN2O3S2. The van der Waals surface area contributed by atoms with E-state index in [1.165, 1.54) is 23.5 Å². The molecule has 4 aromatic rings. The molecule has 0 fully saturated rings. The molecule has 0 bridgehead atoms. The van der Waals surface area contributed by atoms with Gasteiger partial charge in [0.05, 0.1) is 27.4 Å². The van der Waals surface area contributed by atoms with E-state index in [-0.39, 0.29) is 29.4 Å². The lowest BCUT2D eigenvalue weighted by Crippen LogP contribution is -2.30. The van der Waals surface area contributed by atoms with Crippen LogP contribution in [-0.2, 0) is 21.2 Å². The monoisotopic (exact) mass is 484 g/mol. The van der Waals surface area contributed by atoms with Crippen LogP contribution in [0.1, 0.15) is 18.4 Å². The van der Waals surface area contributed by atoms with Gasteiger partial charge in [0.1, 0.15) is 0 Å². The molecule has 5 nitrogen and oxygen atoms in total. The molecule has 0 saturated carbocycles. The average Bonchev–Trinajstić information content (AvgIpc) is 3.22. The Bertz CT molecular complexity index is 1290. The highest BCUT2D eigenvalue weighted by atomic mass is 35.5. The molecule has 164 valence electrons. The van der Waals surface area contributed by atoms with Crippen LogP contribution in [0.15, 0.2) is 83.8 Å². The van der Waals surface area contributed by atoms with Crippen molar-refractivity contribution in [3.05, 3.63) is 89.4 Å². The summed E-state index contributed by atoms with van der Waals surface area (Å²) in [7, 11) is -3.48. The third-order valence-corrected chi connectivity index (χ3v) is 8.10. The van der Waals surface area contributed by atoms with Crippen LogP contribution in [-0.4, -0.2) is 25.1 Å². The minimum atomic E-state index is -3.48. The van der Waals surface area contributed by atoms with Crippen molar-refractivity contribution in [1.29, 1.82) is 0 Å². The number of para-hydroxylation sites is 1. The highest BCUT2D eigenvalue weighted by Crippen LogP contribution is 2.30. The Morgan fingerprint density at radius 3 is 2.34 bits per heavy atom. The molecular weight excluding hydrogens is 464 g/mol. The van der Waals surface area contributed by atoms with Gasteiger partial charge in [0.25, 0.3) is 0 Å². The number of fused-ring (bicyclic) bond motifs is 1. The van der Waals surface area contributed by atoms with Crippen LogP contribution < -0.4 is 4.90 Å². The van der Waals surface area contributed by atoms with Gasteiger partial charge in [-0.2, -0.15) is 0 Å². The lowest BCUT2D eigenvalue weighted by atomic mass is 10.2. The SMILES string of the molecule is O=C(CCCS(=O)(=O)c1ccc(Cl)cc1)N(Cc1ccccc1)c1nc2ccccc2s1. The molecule has 0 saturated heterocycles. The lowest BCUT2D eigenvalue weighted by Gasteiger charge is -2.20. The molecule has 0 unspecified atom stereocenters. The first-order valence-electron chi connectivity index (χ1n) is 10.1. The zero-order valence-corrected chi connectivity index (χ0v) is 19.5. The minimum Gasteiger partial charge on any atom is -0.284 e. The van der Waals surface area contributed by atoms with Crippen molar-refractivity contribution >= 4 is 54.0 Å². The Hall–Kier alpha value is -2.74. The third-order valence-electron chi connectivity index (χ3n) is 4.97. The number of halogens is 1. The summed E-state index contributed by atoms with van der Waals surface area (Å²) in [5.74, 6) is -0.265. The van der Waals surface area contributed by atoms with Gasteiger partial charge in [0.15, 0.2) is 15.0 Å². The molecule has 1 aromatic heterocycles. The molecule has 0 aliphatic rings. The van der Waals surface area contributed by atoms with E-state index in [1.807, 2.05) is 54.6 Å². The Labute approximate surface area is 196 Å². The fraction of sp³-hybridized carbons (Fsp3) is 0.167. The van der Waals surface area contributed by atoms with Crippen LogP contribution in [0.25, 0.3) is 10.2 Å². The molecule has 0 aliphatic carbocycles. The second kappa shape index (κ2) is 9.81. The van der Waals surface area contributed by atoms with Gasteiger partial charge in [-0.1, -0.05) is 65.4 Å². The molecule has 0 atom stereocenters. The number of thiazole rings is 1. The first-order chi connectivity index (χ1) is 15.4. The Morgan fingerprint density at radius 2 is 1.62 bits per heavy atom. The number of hydrogen-bond acceptors (Lipinski definition) is 5. The molecule has 0 spiro atoms. The molecule has 0 radical (unpaired) electrons. The van der Waals surface area contributed by atoms with Gasteiger partial charge >= 0.3 is 0 Å². The highest BCUT2D eigenvalue weighted by molar-refractivity contribution is 7.91. The van der Waals surface area contributed by atoms with E-state index in [9.17, 15) is 13.2 Å². The third kappa shape index (κ3) is 5.35. The first-order valence-corrected chi connectivity index (χ1v) is 13.0. The number of anilines is 1. The van der Waals surface area contributed by atoms with E-state index >= 15 is 0 Å². The molecule has 4 rings (SSSR count). The fourth-order valence-corrected chi connectivity index (χ4v) is 5.73. The number of sulfone groups is 1. The van der Waals surface area contributed by atoms with Crippen LogP contribution >= 0.6 is 22.9 Å². The normalized spacial score (nSPS) is 11.5. The van der Waals surface area contributed by atoms with Crippen molar-refractivity contribution in [1.82, 2.24) is 4.98 Å². The topological polar surface area (TPSA) is 67.3 Å². The van der Waals surface area contributed by atoms with Crippen LogP contribution in [0.3, 0.4) is 0 Å². The van der Waals surface area contributed by atoms with E-state index in [4.69, 9.17) is 11.6 Å². The maximum Gasteiger partial charge on any atom is 0.229 e. The van der Waals surface area contributed by atoms with Crippen molar-refractivity contribution in [2.75, 3.05) is 10.7 Å². The van der Waals surface area contributed by atoms with Crippen LogP contribution in [0.2, 0.25) is 5.02 Å². The second-order valence-electron chi connectivity index (χ2n) is 7.31. The largest absolute Gasteiger partial charge is 0.284 e. The standard InChI is InChI=1S/C24H21ClN2O3S2/c25-19-12-14-20(15-13-19)32(29,30)16-6-11-23(28)27(17-18-7-2-1-3-8-18)24-26-21-9-4-5-10-22(21)31-24/h1-5,7-10,12-15H,6,11,16-17H2. The van der Waals surface area contributed by atoms with Gasteiger partial charge in [-0.05, 0) is 48.4 Å². The number of benzene rings is 3. The van der Waals surface area contributed by atoms with Gasteiger partial charge in [-0.15, -0.1) is 0 Å². The van der Waals surface area contributed by atoms with Crippen LogP contribution in [0.4, 0.5) is 5.13 Å². The van der Waals surface area contributed by atoms with Crippen molar-refractivity contribution in [3.63, 3.8) is 0 Å². The molecule has 3 aromatic carbocycles. The fourth-order valence-electron chi connectivity index (χ4n) is 3.31. The summed E-state index contributed by atoms with van der Waals surface area (Å²) in [5.41, 5.74) is 1.82. The van der Waals surface area contributed by atoms with Gasteiger partial charge in [0.2, 0.25) is 5.91 Å². The van der Waals surface area contributed by atoms with Crippen molar-refractivity contribution in [3.8, 4) is 0 Å². The molecule has 8 heteroatoms. The lowest BCUT2D eigenvalue weighted by molar-refractivity contribution is -0.118. The maximum atomic E-state index is 13.2. The minimum absolute atomic E-state index is 0.107. The summed E-state index contributed by atoms with van der Waals surface area (Å²) in [5, 5.41) is 1.09. The average molecular weight is 485 g/mol. The van der Waals surface area contributed by atoms with Crippen LogP contribution in [0, 0.1) is 0 Å². The van der Waals surface area contributed by atoms with Crippen molar-refractivity contribution in [2.45, 2.75) is 24.3 Å². The number of amides is 1. The molecule has 0 N–H and O–H groups in total. The summed E-state index contributed by atoms with van der Waals surface area (Å²) >= 11 is 7.30. The van der Waals surface area contributed by atoms with Crippen LogP contribution in [0.5, 0.6) is 0 Å². The predicted octanol–water partition coefficient (Wildman–Crippen LogP) is 5.74. The van der Waals surface area contributed by atoms with E-state index in [0.717, 1.165) is 15.8 Å². The van der Waals surface area contributed by atoms with Crippen molar-refractivity contribution in [2.24, 2.45) is 0 Å². The smallest absolute Gasteiger partial charge is 0.229 e. The Morgan fingerprint density at radius 1 is 0.938 bits per heavy atom. The summed E-state index contributed by atoms with van der Waals surface area (Å²) in [6, 6.07) is 23.5. The summed E-state index contributed by atoms with van der Waals surface area (Å²) in [6.45, 7) is 0.378. The van der Waals surface area contributed by atoms with Crippen molar-refractivity contribution < 1.29 is 13.2 Å². The second-order valence-corrected chi connectivity index (χ2v) is 10.9. The zero-order valence-electron chi connectivity index (χ0n) is 17.1. The van der Waals surface area contributed by atoms with Gasteiger partial charge < -0.3 is 0 Å². The summed E-state index contributed by atoms with van der Waals surface area (Å²) in [6.07, 6.45) is 0.329. The number of aromatic nitrogens is 1. The zero-order chi connectivity index (χ0) is 22.6. The van der Waals surface area contributed by atoms with Gasteiger partial charge in [-0.3, -0.25) is 9.69 Å². The number of hydrogen-bond donors (Lipinski definition) is 0. The number of nitrogens with zero attached hydrogens (tertiary/aromatic N) is 2. The number of rotatable bonds is 8. The highest BCUT2D eigenvalue weighted by Gasteiger charge is 2.21. The molecule has 32 heavy (non-hydrogen) atoms. The number of carbonyl (C=O) groups is 1. The van der Waals surface area contributed by atoms with Gasteiger partial charge in [-0.25, -0.2) is 13.4 Å². The summed E-state index contributed by atoms with van der Waals surface area (Å²) in [4.78, 5) is 19.7. The van der Waals surface area contributed by atoms with Gasteiger partial charge in [0, 0.05) is 11.4 Å². The first kappa shape index (κ1) is 22.5. The predicted molar refractivity (Wildman–Crippen MR) is 130 cm³/mol. The van der Waals surface area contributed by atoms with E-state index in [2.05, 4.69) is 4.98 Å². The quantitative estimate of drug-likeness (QED) is 0.320. The maximum absolute atomic E-state index is 13.2. The molecule has 0 aliphatic heterocycles. The Kier molecular flexibility index (Phi) is 6.89. The van der Waals surface area contributed by atoms with E-state index < -0.39 is 9.84 Å². The molecule has 1 heterocycles. The van der Waals surface area contributed by atoms with E-state index in [0.29, 0.717) is 16.7 Å². The summed E-state index contributed by atoms with van der Waals surface area (Å²) < 4.78 is 26.2. The Balaban J connectivity index is 1.50. The molecule has 1 amide bonds. The van der Waals surface area contributed by atoms with E-state index in [1.54, 1.807) is 17.0 Å². The number of carbonyl (C=O) groups excluding carboxylic acids is 1.